The first-order chi connectivity index (χ1) is 9.25. The molecule has 0 atom stereocenters. The Labute approximate surface area is 115 Å². The molecule has 0 aromatic carbocycles. The van der Waals surface area contributed by atoms with Crippen LogP contribution in [0.1, 0.15) is 61.3 Å². The topological polar surface area (TPSA) is 47.0 Å². The number of hydrogen-bond acceptors (Lipinski definition) is 4. The predicted octanol–water partition coefficient (Wildman–Crippen LogP) is 2.14. The first kappa shape index (κ1) is 13.0. The molecule has 104 valence electrons. The molecule has 4 nitrogen and oxygen atoms in total. The summed E-state index contributed by atoms with van der Waals surface area (Å²) in [5.41, 5.74) is 3.87. The number of aromatic nitrogens is 2. The van der Waals surface area contributed by atoms with Gasteiger partial charge in [0.25, 0.3) is 0 Å². The third kappa shape index (κ3) is 2.65. The predicted molar refractivity (Wildman–Crippen MR) is 74.3 cm³/mol. The molecular formula is C15H23N3O. The van der Waals surface area contributed by atoms with Gasteiger partial charge in [0.15, 0.2) is 0 Å². The lowest BCUT2D eigenvalue weighted by atomic mass is 9.95. The van der Waals surface area contributed by atoms with Crippen LogP contribution in [0.2, 0.25) is 0 Å². The van der Waals surface area contributed by atoms with E-state index in [0.717, 1.165) is 51.4 Å². The van der Waals surface area contributed by atoms with E-state index in [9.17, 15) is 0 Å². The van der Waals surface area contributed by atoms with E-state index >= 15 is 0 Å². The second-order valence-corrected chi connectivity index (χ2v) is 5.86. The van der Waals surface area contributed by atoms with Gasteiger partial charge in [0.1, 0.15) is 5.82 Å². The lowest BCUT2D eigenvalue weighted by Gasteiger charge is -2.26. The van der Waals surface area contributed by atoms with E-state index in [4.69, 9.17) is 14.7 Å². The minimum Gasteiger partial charge on any atom is -0.381 e. The van der Waals surface area contributed by atoms with Gasteiger partial charge in [0.05, 0.1) is 11.4 Å². The minimum atomic E-state index is 0.468. The molecule has 3 rings (SSSR count). The van der Waals surface area contributed by atoms with Crippen molar-refractivity contribution in [2.24, 2.45) is 0 Å². The Bertz CT molecular complexity index is 453. The maximum absolute atomic E-state index is 5.45. The first-order valence-corrected chi connectivity index (χ1v) is 7.43. The summed E-state index contributed by atoms with van der Waals surface area (Å²) in [6, 6.07) is 0. The van der Waals surface area contributed by atoms with Gasteiger partial charge < -0.3 is 10.1 Å². The van der Waals surface area contributed by atoms with Crippen molar-refractivity contribution in [2.45, 2.75) is 51.5 Å². The molecule has 4 heteroatoms. The van der Waals surface area contributed by atoms with Crippen molar-refractivity contribution in [3.05, 3.63) is 22.8 Å². The van der Waals surface area contributed by atoms with Crippen molar-refractivity contribution >= 4 is 0 Å². The van der Waals surface area contributed by atoms with Crippen LogP contribution >= 0.6 is 0 Å². The summed E-state index contributed by atoms with van der Waals surface area (Å²) in [5, 5.41) is 3.44. The quantitative estimate of drug-likeness (QED) is 0.886. The molecule has 1 fully saturated rings. The van der Waals surface area contributed by atoms with Crippen LogP contribution in [0, 0.1) is 0 Å². The molecule has 3 heterocycles. The lowest BCUT2D eigenvalue weighted by Crippen LogP contribution is -2.28. The number of fused-ring (bicyclic) bond motifs is 1. The van der Waals surface area contributed by atoms with E-state index in [1.54, 1.807) is 0 Å². The van der Waals surface area contributed by atoms with Gasteiger partial charge >= 0.3 is 0 Å². The highest BCUT2D eigenvalue weighted by molar-refractivity contribution is 5.31. The van der Waals surface area contributed by atoms with Crippen LogP contribution in [0.4, 0.5) is 0 Å². The van der Waals surface area contributed by atoms with Gasteiger partial charge in [-0.15, -0.1) is 0 Å². The molecule has 1 aromatic heterocycles. The molecule has 2 aliphatic rings. The van der Waals surface area contributed by atoms with Gasteiger partial charge in [0, 0.05) is 44.2 Å². The molecule has 0 saturated carbocycles. The van der Waals surface area contributed by atoms with Crippen LogP contribution in [0.3, 0.4) is 0 Å². The van der Waals surface area contributed by atoms with E-state index in [0.29, 0.717) is 11.8 Å². The zero-order valence-electron chi connectivity index (χ0n) is 11.9. The Balaban J connectivity index is 1.98. The number of rotatable bonds is 2. The Morgan fingerprint density at radius 3 is 2.74 bits per heavy atom. The molecular weight excluding hydrogens is 238 g/mol. The van der Waals surface area contributed by atoms with Crippen molar-refractivity contribution in [2.75, 3.05) is 19.8 Å². The Hall–Kier alpha value is -1.00. The van der Waals surface area contributed by atoms with Gasteiger partial charge in [-0.2, -0.15) is 0 Å². The van der Waals surface area contributed by atoms with Gasteiger partial charge in [0.2, 0.25) is 0 Å². The molecule has 0 unspecified atom stereocenters. The summed E-state index contributed by atoms with van der Waals surface area (Å²) in [5.74, 6) is 2.02. The van der Waals surface area contributed by atoms with Crippen molar-refractivity contribution in [1.29, 1.82) is 0 Å². The van der Waals surface area contributed by atoms with Crippen LogP contribution in [0.15, 0.2) is 0 Å². The smallest absolute Gasteiger partial charge is 0.132 e. The maximum Gasteiger partial charge on any atom is 0.132 e. The molecule has 2 aliphatic heterocycles. The molecule has 19 heavy (non-hydrogen) atoms. The highest BCUT2D eigenvalue weighted by Crippen LogP contribution is 2.29. The monoisotopic (exact) mass is 261 g/mol. The van der Waals surface area contributed by atoms with Crippen LogP contribution in [-0.2, 0) is 17.7 Å². The third-order valence-electron chi connectivity index (χ3n) is 4.12. The molecule has 0 aliphatic carbocycles. The largest absolute Gasteiger partial charge is 0.381 e. The highest BCUT2D eigenvalue weighted by Gasteiger charge is 2.24. The Kier molecular flexibility index (Phi) is 3.80. The summed E-state index contributed by atoms with van der Waals surface area (Å²) in [6.45, 7) is 8.12. The van der Waals surface area contributed by atoms with Gasteiger partial charge in [-0.3, -0.25) is 0 Å². The van der Waals surface area contributed by atoms with E-state index in [2.05, 4.69) is 19.2 Å². The summed E-state index contributed by atoms with van der Waals surface area (Å²) in [7, 11) is 0. The number of ether oxygens (including phenoxy) is 1. The van der Waals surface area contributed by atoms with Crippen molar-refractivity contribution in [3.63, 3.8) is 0 Å². The highest BCUT2D eigenvalue weighted by atomic mass is 16.5. The van der Waals surface area contributed by atoms with Crippen LogP contribution in [-0.4, -0.2) is 29.7 Å². The fourth-order valence-corrected chi connectivity index (χ4v) is 3.00. The van der Waals surface area contributed by atoms with E-state index < -0.39 is 0 Å². The number of hydrogen-bond donors (Lipinski definition) is 1. The summed E-state index contributed by atoms with van der Waals surface area (Å²) in [4.78, 5) is 9.78. The van der Waals surface area contributed by atoms with E-state index in [1.807, 2.05) is 0 Å². The molecule has 0 spiro atoms. The molecule has 0 bridgehead atoms. The lowest BCUT2D eigenvalue weighted by molar-refractivity contribution is 0.0834. The molecule has 1 aromatic rings. The standard InChI is InChI=1S/C15H23N3O/c1-10(2)14-12-9-16-6-3-13(12)17-15(18-14)11-4-7-19-8-5-11/h10-11,16H,3-9H2,1-2H3. The normalized spacial score (nSPS) is 20.6. The van der Waals surface area contributed by atoms with E-state index in [-0.39, 0.29) is 0 Å². The van der Waals surface area contributed by atoms with Crippen molar-refractivity contribution in [3.8, 4) is 0 Å². The minimum absolute atomic E-state index is 0.468. The number of nitrogens with zero attached hydrogens (tertiary/aromatic N) is 2. The zero-order valence-corrected chi connectivity index (χ0v) is 11.9. The summed E-state index contributed by atoms with van der Waals surface area (Å²) in [6.07, 6.45) is 3.16. The number of nitrogens with one attached hydrogen (secondary N) is 1. The van der Waals surface area contributed by atoms with E-state index in [1.165, 1.54) is 17.0 Å². The second kappa shape index (κ2) is 5.55. The zero-order chi connectivity index (χ0) is 13.2. The fraction of sp³-hybridized carbons (Fsp3) is 0.733. The average Bonchev–Trinajstić information content (AvgIpc) is 2.47. The van der Waals surface area contributed by atoms with Crippen LogP contribution < -0.4 is 5.32 Å². The fourth-order valence-electron chi connectivity index (χ4n) is 3.00. The SMILES string of the molecule is CC(C)c1nc(C2CCOCC2)nc2c1CNCC2. The molecule has 0 amide bonds. The summed E-state index contributed by atoms with van der Waals surface area (Å²) >= 11 is 0. The molecule has 1 N–H and O–H groups in total. The Morgan fingerprint density at radius 1 is 1.21 bits per heavy atom. The second-order valence-electron chi connectivity index (χ2n) is 5.86. The van der Waals surface area contributed by atoms with Crippen LogP contribution in [0.25, 0.3) is 0 Å². The maximum atomic E-state index is 5.45. The van der Waals surface area contributed by atoms with Crippen LogP contribution in [0.5, 0.6) is 0 Å². The Morgan fingerprint density at radius 2 is 2.00 bits per heavy atom. The third-order valence-corrected chi connectivity index (χ3v) is 4.12. The molecule has 0 radical (unpaired) electrons. The average molecular weight is 261 g/mol. The van der Waals surface area contributed by atoms with Gasteiger partial charge in [-0.1, -0.05) is 13.8 Å². The summed E-state index contributed by atoms with van der Waals surface area (Å²) < 4.78 is 5.45. The molecule has 1 saturated heterocycles. The van der Waals surface area contributed by atoms with Gasteiger partial charge in [-0.25, -0.2) is 9.97 Å². The van der Waals surface area contributed by atoms with Crippen molar-refractivity contribution in [1.82, 2.24) is 15.3 Å². The first-order valence-electron chi connectivity index (χ1n) is 7.43. The van der Waals surface area contributed by atoms with Crippen molar-refractivity contribution < 1.29 is 4.74 Å². The van der Waals surface area contributed by atoms with Gasteiger partial charge in [-0.05, 0) is 18.8 Å².